The Bertz CT molecular complexity index is 847. The molecule has 0 spiro atoms. The molecular weight excluding hydrogens is 371 g/mol. The quantitative estimate of drug-likeness (QED) is 0.639. The van der Waals surface area contributed by atoms with E-state index in [1.165, 1.54) is 17.4 Å². The lowest BCUT2D eigenvalue weighted by molar-refractivity contribution is 0.622. The molecule has 0 saturated carbocycles. The maximum atomic E-state index is 13.8. The van der Waals surface area contributed by atoms with E-state index < -0.39 is 0 Å². The van der Waals surface area contributed by atoms with Gasteiger partial charge in [-0.15, -0.1) is 22.7 Å². The molecule has 0 aliphatic carbocycles. The number of rotatable bonds is 2. The highest BCUT2D eigenvalue weighted by Crippen LogP contribution is 2.46. The first-order valence-corrected chi connectivity index (χ1v) is 8.42. The molecule has 2 aromatic heterocycles. The van der Waals surface area contributed by atoms with Crippen LogP contribution in [-0.2, 0) is 0 Å². The molecule has 0 fully saturated rings. The van der Waals surface area contributed by atoms with E-state index in [4.69, 9.17) is 5.73 Å². The molecule has 0 bridgehead atoms. The summed E-state index contributed by atoms with van der Waals surface area (Å²) in [7, 11) is 0. The second kappa shape index (κ2) is 5.60. The molecule has 0 unspecified atom stereocenters. The van der Waals surface area contributed by atoms with E-state index in [-0.39, 0.29) is 5.82 Å². The number of hydrogen-bond donors (Lipinski definition) is 1. The standard InChI is InChI=1S/C15H8BrFN2S2/c16-9-4-3-8(6-10(9)17)15-13(11-2-1-5-20-11)14(19)12(7-18)21-15/h1-6H,19H2. The molecule has 3 rings (SSSR count). The largest absolute Gasteiger partial charge is 0.396 e. The third-order valence-corrected chi connectivity index (χ3v) is 5.69. The molecule has 0 radical (unpaired) electrons. The van der Waals surface area contributed by atoms with Gasteiger partial charge in [0.2, 0.25) is 0 Å². The Kier molecular flexibility index (Phi) is 3.81. The van der Waals surface area contributed by atoms with Crippen LogP contribution in [0, 0.1) is 17.1 Å². The van der Waals surface area contributed by atoms with Crippen molar-refractivity contribution in [2.75, 3.05) is 5.73 Å². The van der Waals surface area contributed by atoms with Crippen molar-refractivity contribution >= 4 is 44.3 Å². The topological polar surface area (TPSA) is 49.8 Å². The van der Waals surface area contributed by atoms with Crippen molar-refractivity contribution in [3.63, 3.8) is 0 Å². The van der Waals surface area contributed by atoms with Crippen LogP contribution in [0.25, 0.3) is 20.9 Å². The van der Waals surface area contributed by atoms with Crippen LogP contribution in [0.4, 0.5) is 10.1 Å². The predicted molar refractivity (Wildman–Crippen MR) is 89.9 cm³/mol. The molecule has 0 saturated heterocycles. The fourth-order valence-electron chi connectivity index (χ4n) is 2.03. The van der Waals surface area contributed by atoms with E-state index >= 15 is 0 Å². The number of hydrogen-bond acceptors (Lipinski definition) is 4. The third-order valence-electron chi connectivity index (χ3n) is 3.00. The highest BCUT2D eigenvalue weighted by molar-refractivity contribution is 9.10. The summed E-state index contributed by atoms with van der Waals surface area (Å²) >= 11 is 5.98. The average Bonchev–Trinajstić information content (AvgIpc) is 3.09. The summed E-state index contributed by atoms with van der Waals surface area (Å²) in [6, 6.07) is 10.9. The normalized spacial score (nSPS) is 10.5. The minimum absolute atomic E-state index is 0.338. The van der Waals surface area contributed by atoms with Crippen LogP contribution in [-0.4, -0.2) is 0 Å². The van der Waals surface area contributed by atoms with Crippen LogP contribution in [0.2, 0.25) is 0 Å². The van der Waals surface area contributed by atoms with Crippen LogP contribution in [0.15, 0.2) is 40.2 Å². The van der Waals surface area contributed by atoms with Crippen molar-refractivity contribution in [1.82, 2.24) is 0 Å². The average molecular weight is 379 g/mol. The van der Waals surface area contributed by atoms with Gasteiger partial charge in [0.25, 0.3) is 0 Å². The molecule has 21 heavy (non-hydrogen) atoms. The van der Waals surface area contributed by atoms with Gasteiger partial charge in [0.1, 0.15) is 16.8 Å². The minimum Gasteiger partial charge on any atom is -0.396 e. The number of thiophene rings is 2. The molecule has 0 amide bonds. The van der Waals surface area contributed by atoms with E-state index in [0.717, 1.165) is 20.9 Å². The molecule has 104 valence electrons. The first kappa shape index (κ1) is 14.3. The van der Waals surface area contributed by atoms with Gasteiger partial charge in [-0.05, 0) is 45.1 Å². The summed E-state index contributed by atoms with van der Waals surface area (Å²) in [5.41, 5.74) is 8.10. The fourth-order valence-corrected chi connectivity index (χ4v) is 4.16. The van der Waals surface area contributed by atoms with E-state index in [0.29, 0.717) is 15.0 Å². The summed E-state index contributed by atoms with van der Waals surface area (Å²) in [5, 5.41) is 11.2. The van der Waals surface area contributed by atoms with Crippen molar-refractivity contribution in [3.05, 3.63) is 50.9 Å². The van der Waals surface area contributed by atoms with Crippen molar-refractivity contribution < 1.29 is 4.39 Å². The van der Waals surface area contributed by atoms with Gasteiger partial charge in [-0.1, -0.05) is 12.1 Å². The van der Waals surface area contributed by atoms with Crippen molar-refractivity contribution in [2.45, 2.75) is 0 Å². The maximum absolute atomic E-state index is 13.8. The molecular formula is C15H8BrFN2S2. The number of anilines is 1. The third kappa shape index (κ3) is 2.48. The zero-order chi connectivity index (χ0) is 15.0. The van der Waals surface area contributed by atoms with E-state index in [9.17, 15) is 9.65 Å². The number of nitriles is 1. The molecule has 2 nitrogen and oxygen atoms in total. The first-order chi connectivity index (χ1) is 10.1. The number of nitrogens with two attached hydrogens (primary N) is 1. The summed E-state index contributed by atoms with van der Waals surface area (Å²) < 4.78 is 14.2. The lowest BCUT2D eigenvalue weighted by Gasteiger charge is -2.04. The second-order valence-electron chi connectivity index (χ2n) is 4.27. The van der Waals surface area contributed by atoms with Crippen LogP contribution in [0.3, 0.4) is 0 Å². The van der Waals surface area contributed by atoms with Crippen molar-refractivity contribution in [3.8, 4) is 27.0 Å². The fraction of sp³-hybridized carbons (Fsp3) is 0. The molecule has 0 aliphatic rings. The Balaban J connectivity index is 2.27. The highest BCUT2D eigenvalue weighted by Gasteiger charge is 2.20. The number of benzene rings is 1. The van der Waals surface area contributed by atoms with Crippen molar-refractivity contribution in [1.29, 1.82) is 5.26 Å². The first-order valence-electron chi connectivity index (χ1n) is 5.93. The Hall–Kier alpha value is -1.68. The van der Waals surface area contributed by atoms with Gasteiger partial charge < -0.3 is 5.73 Å². The Labute approximate surface area is 137 Å². The molecule has 0 atom stereocenters. The molecule has 2 N–H and O–H groups in total. The SMILES string of the molecule is N#Cc1sc(-c2ccc(Br)c(F)c2)c(-c2cccs2)c1N. The maximum Gasteiger partial charge on any atom is 0.138 e. The monoisotopic (exact) mass is 378 g/mol. The lowest BCUT2D eigenvalue weighted by Crippen LogP contribution is -1.88. The predicted octanol–water partition coefficient (Wildman–Crippen LogP) is 5.50. The van der Waals surface area contributed by atoms with Gasteiger partial charge in [0, 0.05) is 15.3 Å². The zero-order valence-corrected chi connectivity index (χ0v) is 13.8. The van der Waals surface area contributed by atoms with E-state index in [1.54, 1.807) is 17.4 Å². The van der Waals surface area contributed by atoms with Gasteiger partial charge in [0.15, 0.2) is 0 Å². The van der Waals surface area contributed by atoms with Gasteiger partial charge in [-0.3, -0.25) is 0 Å². The van der Waals surface area contributed by atoms with E-state index in [2.05, 4.69) is 22.0 Å². The van der Waals surface area contributed by atoms with Crippen LogP contribution in [0.5, 0.6) is 0 Å². The van der Waals surface area contributed by atoms with Crippen LogP contribution < -0.4 is 5.73 Å². The molecule has 1 aromatic carbocycles. The van der Waals surface area contributed by atoms with Crippen LogP contribution >= 0.6 is 38.6 Å². The van der Waals surface area contributed by atoms with Gasteiger partial charge in [-0.2, -0.15) is 5.26 Å². The minimum atomic E-state index is -0.338. The zero-order valence-electron chi connectivity index (χ0n) is 10.6. The summed E-state index contributed by atoms with van der Waals surface area (Å²) in [5.74, 6) is -0.338. The highest BCUT2D eigenvalue weighted by atomic mass is 79.9. The number of nitrogens with zero attached hydrogens (tertiary/aromatic N) is 1. The summed E-state index contributed by atoms with van der Waals surface area (Å²) in [6.45, 7) is 0. The Morgan fingerprint density at radius 2 is 2.10 bits per heavy atom. The summed E-state index contributed by atoms with van der Waals surface area (Å²) in [4.78, 5) is 2.25. The molecule has 0 aliphatic heterocycles. The Morgan fingerprint density at radius 1 is 1.29 bits per heavy atom. The van der Waals surface area contributed by atoms with E-state index in [1.807, 2.05) is 23.6 Å². The van der Waals surface area contributed by atoms with Gasteiger partial charge in [-0.25, -0.2) is 4.39 Å². The number of nitrogen functional groups attached to an aromatic ring is 1. The van der Waals surface area contributed by atoms with Crippen molar-refractivity contribution in [2.24, 2.45) is 0 Å². The van der Waals surface area contributed by atoms with Gasteiger partial charge in [0.05, 0.1) is 10.2 Å². The number of halogens is 2. The van der Waals surface area contributed by atoms with Gasteiger partial charge >= 0.3 is 0 Å². The molecule has 6 heteroatoms. The lowest BCUT2D eigenvalue weighted by atomic mass is 10.1. The smallest absolute Gasteiger partial charge is 0.138 e. The molecule has 3 aromatic rings. The van der Waals surface area contributed by atoms with Crippen LogP contribution in [0.1, 0.15) is 4.88 Å². The molecule has 2 heterocycles. The summed E-state index contributed by atoms with van der Waals surface area (Å²) in [6.07, 6.45) is 0. The Morgan fingerprint density at radius 3 is 2.71 bits per heavy atom. The second-order valence-corrected chi connectivity index (χ2v) is 7.09.